The Hall–Kier alpha value is -3.40. The van der Waals surface area contributed by atoms with E-state index in [1.165, 1.54) is 65.0 Å². The zero-order valence-corrected chi connectivity index (χ0v) is 35.1. The van der Waals surface area contributed by atoms with Gasteiger partial charge in [-0.15, -0.1) is 4.91 Å². The Morgan fingerprint density at radius 3 is 1.36 bits per heavy atom. The number of hydrogen-bond donors (Lipinski definition) is 3. The molecule has 0 bridgehead atoms. The second-order valence-corrected chi connectivity index (χ2v) is 17.0. The number of nitrogens with two attached hydrogens (primary N) is 1. The number of rotatable bonds is 11. The third-order valence-electron chi connectivity index (χ3n) is 5.88. The van der Waals surface area contributed by atoms with E-state index in [4.69, 9.17) is 71.1 Å². The average Bonchev–Trinajstić information content (AvgIpc) is 3.07. The molecular formula is C30H33BrCl4N6O10S2. The molecule has 0 spiro atoms. The first-order valence-corrected chi connectivity index (χ1v) is 19.6. The molecule has 4 N–H and O–H groups in total. The van der Waals surface area contributed by atoms with Crippen LogP contribution in [0.25, 0.3) is 0 Å². The van der Waals surface area contributed by atoms with Gasteiger partial charge in [0.15, 0.2) is 28.3 Å². The van der Waals surface area contributed by atoms with Gasteiger partial charge in [0.05, 0.1) is 46.7 Å². The number of hydrogen-bond acceptors (Lipinski definition) is 14. The van der Waals surface area contributed by atoms with E-state index in [1.807, 2.05) is 0 Å². The van der Waals surface area contributed by atoms with Crippen molar-refractivity contribution in [3.63, 3.8) is 0 Å². The van der Waals surface area contributed by atoms with Crippen LogP contribution in [-0.4, -0.2) is 60.7 Å². The third kappa shape index (κ3) is 13.4. The Balaban J connectivity index is 0.000000311. The van der Waals surface area contributed by atoms with Crippen LogP contribution in [0.15, 0.2) is 68.4 Å². The summed E-state index contributed by atoms with van der Waals surface area (Å²) in [5, 5.41) is 3.10. The van der Waals surface area contributed by atoms with E-state index >= 15 is 0 Å². The molecule has 0 aliphatic carbocycles. The van der Waals surface area contributed by atoms with Crippen molar-refractivity contribution in [2.45, 2.75) is 36.2 Å². The lowest BCUT2D eigenvalue weighted by Crippen LogP contribution is -2.19. The van der Waals surface area contributed by atoms with Crippen molar-refractivity contribution in [3.05, 3.63) is 78.3 Å². The van der Waals surface area contributed by atoms with E-state index in [2.05, 4.69) is 45.5 Å². The molecular weight excluding hydrogens is 890 g/mol. The number of nitrogens with one attached hydrogen (secondary N) is 2. The van der Waals surface area contributed by atoms with Crippen molar-refractivity contribution in [2.75, 3.05) is 34.0 Å². The molecule has 23 heteroatoms. The fourth-order valence-electron chi connectivity index (χ4n) is 3.50. The van der Waals surface area contributed by atoms with Gasteiger partial charge < -0.3 is 29.5 Å². The van der Waals surface area contributed by atoms with E-state index in [9.17, 15) is 21.7 Å². The molecule has 0 aliphatic heterocycles. The third-order valence-corrected chi connectivity index (χ3v) is 10.3. The number of pyridine rings is 2. The van der Waals surface area contributed by atoms with E-state index in [0.717, 1.165) is 0 Å². The number of nitrogen functional groups attached to an aromatic ring is 1. The quantitative estimate of drug-likeness (QED) is 0.0738. The van der Waals surface area contributed by atoms with Crippen LogP contribution in [0.5, 0.6) is 34.8 Å². The van der Waals surface area contributed by atoms with Crippen molar-refractivity contribution >= 4 is 88.1 Å². The minimum atomic E-state index is -3.76. The predicted octanol–water partition coefficient (Wildman–Crippen LogP) is 8.02. The molecule has 0 saturated carbocycles. The number of anilines is 1. The number of ether oxygens (including phenoxy) is 4. The largest absolute Gasteiger partial charge is 0.494 e. The summed E-state index contributed by atoms with van der Waals surface area (Å²) in [6, 6.07) is 8.53. The standard InChI is InChI=1S/C13H11BrCl2N2O4S.C13H13Cl2N3O4S.C4H9NO2/c1-17-23(19,20)11-5-12(18-6-10(11)21-2)22-13-8(15)3-7(14)4-9(13)16;1-17-23(19,20)11-5-12(18-6-10(11)21-2)22-13-8(14)3-7(16)4-9(13)15;1-4(2,3)7-5-6/h3-6,17H,1-2H3;3-6,17H,16H2,1-2H3;1-3H3. The van der Waals surface area contributed by atoms with Gasteiger partial charge in [0, 0.05) is 22.3 Å². The second-order valence-electron chi connectivity index (χ2n) is 10.8. The molecule has 0 unspecified atom stereocenters. The summed E-state index contributed by atoms with van der Waals surface area (Å²) in [4.78, 5) is 21.4. The fraction of sp³-hybridized carbons (Fsp3) is 0.267. The molecule has 4 aromatic rings. The number of sulfonamides is 2. The van der Waals surface area contributed by atoms with Gasteiger partial charge >= 0.3 is 0 Å². The first kappa shape index (κ1) is 45.8. The van der Waals surface area contributed by atoms with Gasteiger partial charge in [-0.25, -0.2) is 36.2 Å². The Labute approximate surface area is 334 Å². The lowest BCUT2D eigenvalue weighted by Gasteiger charge is -2.12. The van der Waals surface area contributed by atoms with E-state index in [-0.39, 0.29) is 64.6 Å². The predicted molar refractivity (Wildman–Crippen MR) is 206 cm³/mol. The molecule has 0 atom stereocenters. The maximum absolute atomic E-state index is 12.0. The zero-order valence-electron chi connectivity index (χ0n) is 28.8. The van der Waals surface area contributed by atoms with Crippen molar-refractivity contribution in [1.29, 1.82) is 0 Å². The van der Waals surface area contributed by atoms with Gasteiger partial charge in [-0.2, -0.15) is 0 Å². The molecule has 0 aliphatic rings. The maximum atomic E-state index is 12.0. The Bertz CT molecular complexity index is 1960. The van der Waals surface area contributed by atoms with E-state index in [0.29, 0.717) is 10.2 Å². The smallest absolute Gasteiger partial charge is 0.244 e. The minimum Gasteiger partial charge on any atom is -0.494 e. The number of benzene rings is 2. The van der Waals surface area contributed by atoms with E-state index < -0.39 is 25.6 Å². The Kier molecular flexibility index (Phi) is 17.1. The van der Waals surface area contributed by atoms with Gasteiger partial charge in [0.2, 0.25) is 31.8 Å². The molecule has 0 amide bonds. The SMILES string of the molecule is CC(C)(C)ON=O.CNS(=O)(=O)c1cc(Oc2c(Cl)cc(Br)cc2Cl)ncc1OC.CNS(=O)(=O)c1cc(Oc2c(Cl)cc(N)cc2Cl)ncc1OC. The van der Waals surface area contributed by atoms with Gasteiger partial charge in [-0.1, -0.05) is 62.3 Å². The molecule has 290 valence electrons. The van der Waals surface area contributed by atoms with Crippen molar-refractivity contribution in [2.24, 2.45) is 5.34 Å². The molecule has 16 nitrogen and oxygen atoms in total. The molecule has 4 rings (SSSR count). The maximum Gasteiger partial charge on any atom is 0.244 e. The highest BCUT2D eigenvalue weighted by atomic mass is 79.9. The summed E-state index contributed by atoms with van der Waals surface area (Å²) in [6.07, 6.45) is 2.46. The number of methoxy groups -OCH3 is 2. The monoisotopic (exact) mass is 920 g/mol. The highest BCUT2D eigenvalue weighted by molar-refractivity contribution is 9.10. The van der Waals surface area contributed by atoms with Crippen LogP contribution in [0.4, 0.5) is 5.69 Å². The van der Waals surface area contributed by atoms with Crippen LogP contribution >= 0.6 is 62.3 Å². The van der Waals surface area contributed by atoms with Gasteiger partial charge in [-0.3, -0.25) is 0 Å². The minimum absolute atomic E-state index is 0.00532. The Morgan fingerprint density at radius 1 is 0.717 bits per heavy atom. The van der Waals surface area contributed by atoms with Crippen LogP contribution < -0.4 is 34.1 Å². The summed E-state index contributed by atoms with van der Waals surface area (Å²) < 4.78 is 74.2. The first-order valence-electron chi connectivity index (χ1n) is 14.3. The van der Waals surface area contributed by atoms with E-state index in [1.54, 1.807) is 32.9 Å². The van der Waals surface area contributed by atoms with Gasteiger partial charge in [0.25, 0.3) is 0 Å². The summed E-state index contributed by atoms with van der Waals surface area (Å²) in [5.41, 5.74) is 5.55. The summed E-state index contributed by atoms with van der Waals surface area (Å²) in [5.74, 6) is 0.426. The van der Waals surface area contributed by atoms with Crippen LogP contribution in [0, 0.1) is 4.91 Å². The number of aromatic nitrogens is 2. The van der Waals surface area contributed by atoms with Gasteiger partial charge in [0.1, 0.15) is 15.4 Å². The summed E-state index contributed by atoms with van der Waals surface area (Å²) >= 11 is 27.5. The van der Waals surface area contributed by atoms with Crippen LogP contribution in [0.2, 0.25) is 20.1 Å². The summed E-state index contributed by atoms with van der Waals surface area (Å²) in [7, 11) is -2.27. The van der Waals surface area contributed by atoms with Gasteiger partial charge in [-0.05, 0) is 59.1 Å². The highest BCUT2D eigenvalue weighted by Crippen LogP contribution is 2.40. The van der Waals surface area contributed by atoms with Crippen LogP contribution in [-0.2, 0) is 24.9 Å². The van der Waals surface area contributed by atoms with Crippen LogP contribution in [0.1, 0.15) is 20.8 Å². The lowest BCUT2D eigenvalue weighted by atomic mass is 10.2. The molecule has 53 heavy (non-hydrogen) atoms. The average molecular weight is 923 g/mol. The molecule has 0 radical (unpaired) electrons. The zero-order chi connectivity index (χ0) is 40.3. The molecule has 2 heterocycles. The number of halogens is 5. The summed E-state index contributed by atoms with van der Waals surface area (Å²) in [6.45, 7) is 5.28. The molecule has 0 saturated heterocycles. The second kappa shape index (κ2) is 19.8. The molecule has 2 aromatic heterocycles. The molecule has 2 aromatic carbocycles. The highest BCUT2D eigenvalue weighted by Gasteiger charge is 2.22. The normalized spacial score (nSPS) is 11.2. The lowest BCUT2D eigenvalue weighted by molar-refractivity contribution is -0.00230. The number of nitrogens with zero attached hydrogens (tertiary/aromatic N) is 3. The first-order chi connectivity index (χ1) is 24.6. The van der Waals surface area contributed by atoms with Crippen molar-refractivity contribution in [1.82, 2.24) is 19.4 Å². The topological polar surface area (TPSA) is 220 Å². The fourth-order valence-corrected chi connectivity index (χ4v) is 7.12. The Morgan fingerprint density at radius 2 is 1.08 bits per heavy atom. The van der Waals surface area contributed by atoms with Crippen molar-refractivity contribution < 1.29 is 40.6 Å². The van der Waals surface area contributed by atoms with Crippen molar-refractivity contribution in [3.8, 4) is 34.8 Å². The molecule has 0 fully saturated rings. The van der Waals surface area contributed by atoms with Crippen LogP contribution in [0.3, 0.4) is 0 Å².